The largest absolute Gasteiger partial charge is 0.325 e. The van der Waals surface area contributed by atoms with E-state index >= 15 is 0 Å². The van der Waals surface area contributed by atoms with Crippen molar-refractivity contribution in [3.63, 3.8) is 0 Å². The lowest BCUT2D eigenvalue weighted by Crippen LogP contribution is -2.32. The molecule has 23 heavy (non-hydrogen) atoms. The van der Waals surface area contributed by atoms with Gasteiger partial charge in [0, 0.05) is 5.69 Å². The fraction of sp³-hybridized carbons (Fsp3) is 0.0714. The highest BCUT2D eigenvalue weighted by molar-refractivity contribution is 7.89. The first-order valence-corrected chi connectivity index (χ1v) is 8.14. The number of nitrogens with one attached hydrogen (secondary N) is 2. The van der Waals surface area contributed by atoms with E-state index in [9.17, 15) is 22.0 Å². The third kappa shape index (κ3) is 4.72. The highest BCUT2D eigenvalue weighted by atomic mass is 35.5. The van der Waals surface area contributed by atoms with Crippen molar-refractivity contribution in [3.8, 4) is 0 Å². The van der Waals surface area contributed by atoms with Crippen molar-refractivity contribution in [2.45, 2.75) is 4.90 Å². The number of anilines is 1. The van der Waals surface area contributed by atoms with Crippen LogP contribution in [0.5, 0.6) is 0 Å². The maximum Gasteiger partial charge on any atom is 0.241 e. The standard InChI is InChI=1S/C14H11ClF2N2O3S/c15-12-7-11(4-5-13(12)17)23(21,22)18-8-14(20)19-10-3-1-2-9(16)6-10/h1-7,18H,8H2,(H,19,20). The average molecular weight is 361 g/mol. The SMILES string of the molecule is O=C(CNS(=O)(=O)c1ccc(F)c(Cl)c1)Nc1cccc(F)c1. The molecule has 9 heteroatoms. The van der Waals surface area contributed by atoms with Crippen LogP contribution < -0.4 is 10.0 Å². The minimum absolute atomic E-state index is 0.194. The average Bonchev–Trinajstić information content (AvgIpc) is 2.48. The summed E-state index contributed by atoms with van der Waals surface area (Å²) in [5.41, 5.74) is 0.194. The second kappa shape index (κ2) is 7.03. The first-order valence-electron chi connectivity index (χ1n) is 6.28. The minimum Gasteiger partial charge on any atom is -0.325 e. The molecule has 5 nitrogen and oxygen atoms in total. The summed E-state index contributed by atoms with van der Waals surface area (Å²) in [4.78, 5) is 11.4. The molecule has 0 heterocycles. The van der Waals surface area contributed by atoms with Crippen molar-refractivity contribution in [2.24, 2.45) is 0 Å². The quantitative estimate of drug-likeness (QED) is 0.860. The van der Waals surface area contributed by atoms with E-state index < -0.39 is 34.1 Å². The van der Waals surface area contributed by atoms with E-state index in [0.717, 1.165) is 24.3 Å². The fourth-order valence-electron chi connectivity index (χ4n) is 1.66. The Kier molecular flexibility index (Phi) is 5.30. The zero-order chi connectivity index (χ0) is 17.0. The summed E-state index contributed by atoms with van der Waals surface area (Å²) in [5.74, 6) is -1.98. The Bertz CT molecular complexity index is 844. The van der Waals surface area contributed by atoms with Gasteiger partial charge in [0.05, 0.1) is 16.5 Å². The molecule has 0 atom stereocenters. The van der Waals surface area contributed by atoms with Gasteiger partial charge in [0.25, 0.3) is 0 Å². The highest BCUT2D eigenvalue weighted by Gasteiger charge is 2.17. The van der Waals surface area contributed by atoms with Gasteiger partial charge in [-0.25, -0.2) is 21.9 Å². The predicted octanol–water partition coefficient (Wildman–Crippen LogP) is 2.54. The third-order valence-corrected chi connectivity index (χ3v) is 4.42. The van der Waals surface area contributed by atoms with Gasteiger partial charge in [0.15, 0.2) is 0 Å². The van der Waals surface area contributed by atoms with Gasteiger partial charge in [0.2, 0.25) is 15.9 Å². The number of halogens is 3. The van der Waals surface area contributed by atoms with E-state index in [0.29, 0.717) is 0 Å². The molecule has 1 amide bonds. The van der Waals surface area contributed by atoms with Crippen LogP contribution in [0.25, 0.3) is 0 Å². The highest BCUT2D eigenvalue weighted by Crippen LogP contribution is 2.19. The lowest BCUT2D eigenvalue weighted by Gasteiger charge is -2.08. The maximum atomic E-state index is 13.0. The molecule has 2 aromatic rings. The smallest absolute Gasteiger partial charge is 0.241 e. The van der Waals surface area contributed by atoms with Crippen LogP contribution in [-0.4, -0.2) is 20.9 Å². The van der Waals surface area contributed by atoms with Crippen LogP contribution in [0.2, 0.25) is 5.02 Å². The molecule has 2 aromatic carbocycles. The van der Waals surface area contributed by atoms with Crippen LogP contribution in [0.1, 0.15) is 0 Å². The van der Waals surface area contributed by atoms with Crippen LogP contribution in [0.15, 0.2) is 47.4 Å². The Morgan fingerprint density at radius 2 is 1.87 bits per heavy atom. The van der Waals surface area contributed by atoms with Crippen molar-refractivity contribution in [1.29, 1.82) is 0 Å². The molecule has 2 N–H and O–H groups in total. The number of benzene rings is 2. The lowest BCUT2D eigenvalue weighted by atomic mass is 10.3. The van der Waals surface area contributed by atoms with E-state index in [-0.39, 0.29) is 15.6 Å². The van der Waals surface area contributed by atoms with Crippen molar-refractivity contribution in [1.82, 2.24) is 4.72 Å². The maximum absolute atomic E-state index is 13.0. The van der Waals surface area contributed by atoms with Gasteiger partial charge in [0.1, 0.15) is 11.6 Å². The molecule has 0 aliphatic rings. The summed E-state index contributed by atoms with van der Waals surface area (Å²) in [6.45, 7) is -0.576. The third-order valence-electron chi connectivity index (χ3n) is 2.73. The van der Waals surface area contributed by atoms with Crippen molar-refractivity contribution < 1.29 is 22.0 Å². The Hall–Kier alpha value is -2.03. The minimum atomic E-state index is -4.03. The fourth-order valence-corrected chi connectivity index (χ4v) is 2.91. The van der Waals surface area contributed by atoms with E-state index in [1.165, 1.54) is 18.2 Å². The number of sulfonamides is 1. The molecule has 0 unspecified atom stereocenters. The van der Waals surface area contributed by atoms with Gasteiger partial charge < -0.3 is 5.32 Å². The van der Waals surface area contributed by atoms with Crippen LogP contribution in [-0.2, 0) is 14.8 Å². The van der Waals surface area contributed by atoms with Crippen molar-refractivity contribution in [3.05, 3.63) is 59.1 Å². The summed E-state index contributed by atoms with van der Waals surface area (Å²) in [7, 11) is -4.03. The second-order valence-electron chi connectivity index (χ2n) is 4.46. The van der Waals surface area contributed by atoms with E-state index in [1.54, 1.807) is 0 Å². The molecule has 122 valence electrons. The van der Waals surface area contributed by atoms with E-state index in [2.05, 4.69) is 5.32 Å². The molecule has 0 saturated carbocycles. The van der Waals surface area contributed by atoms with Crippen LogP contribution in [0.3, 0.4) is 0 Å². The zero-order valence-corrected chi connectivity index (χ0v) is 13.1. The number of hydrogen-bond acceptors (Lipinski definition) is 3. The molecule has 0 aromatic heterocycles. The predicted molar refractivity (Wildman–Crippen MR) is 81.6 cm³/mol. The first kappa shape index (κ1) is 17.3. The van der Waals surface area contributed by atoms with Crippen LogP contribution >= 0.6 is 11.6 Å². The monoisotopic (exact) mass is 360 g/mol. The normalized spacial score (nSPS) is 11.3. The molecular weight excluding hydrogens is 350 g/mol. The molecule has 0 aliphatic carbocycles. The van der Waals surface area contributed by atoms with Crippen molar-refractivity contribution >= 4 is 33.2 Å². The molecule has 0 aliphatic heterocycles. The van der Waals surface area contributed by atoms with Gasteiger partial charge >= 0.3 is 0 Å². The van der Waals surface area contributed by atoms with Crippen LogP contribution in [0, 0.1) is 11.6 Å². The zero-order valence-electron chi connectivity index (χ0n) is 11.5. The van der Waals surface area contributed by atoms with Gasteiger partial charge in [-0.1, -0.05) is 17.7 Å². The Labute approximate surface area is 136 Å². The summed E-state index contributed by atoms with van der Waals surface area (Å²) < 4.78 is 52.0. The number of carbonyl (C=O) groups excluding carboxylic acids is 1. The molecule has 0 fully saturated rings. The molecule has 0 radical (unpaired) electrons. The van der Waals surface area contributed by atoms with Crippen molar-refractivity contribution in [2.75, 3.05) is 11.9 Å². The van der Waals surface area contributed by atoms with Gasteiger partial charge in [-0.05, 0) is 36.4 Å². The number of rotatable bonds is 5. The number of carbonyl (C=O) groups is 1. The number of hydrogen-bond donors (Lipinski definition) is 2. The summed E-state index contributed by atoms with van der Waals surface area (Å²) in [6.07, 6.45) is 0. The molecule has 0 spiro atoms. The molecular formula is C14H11ClF2N2O3S. The van der Waals surface area contributed by atoms with Gasteiger partial charge in [-0.3, -0.25) is 4.79 Å². The number of amides is 1. The van der Waals surface area contributed by atoms with Gasteiger partial charge in [-0.2, -0.15) is 0 Å². The first-order chi connectivity index (χ1) is 10.8. The summed E-state index contributed by atoms with van der Waals surface area (Å²) in [5, 5.41) is 1.99. The second-order valence-corrected chi connectivity index (χ2v) is 6.63. The Morgan fingerprint density at radius 1 is 1.13 bits per heavy atom. The Morgan fingerprint density at radius 3 is 2.52 bits per heavy atom. The van der Waals surface area contributed by atoms with Gasteiger partial charge in [-0.15, -0.1) is 0 Å². The Balaban J connectivity index is 2.01. The topological polar surface area (TPSA) is 75.3 Å². The van der Waals surface area contributed by atoms with Crippen LogP contribution in [0.4, 0.5) is 14.5 Å². The molecule has 0 bridgehead atoms. The molecule has 2 rings (SSSR count). The lowest BCUT2D eigenvalue weighted by molar-refractivity contribution is -0.115. The van der Waals surface area contributed by atoms with E-state index in [1.807, 2.05) is 4.72 Å². The molecule has 0 saturated heterocycles. The summed E-state index contributed by atoms with van der Waals surface area (Å²) >= 11 is 5.52. The van der Waals surface area contributed by atoms with E-state index in [4.69, 9.17) is 11.6 Å². The summed E-state index contributed by atoms with van der Waals surface area (Å²) in [6, 6.07) is 8.01.